The molecular formula is C28H18. The molecule has 0 heteroatoms. The van der Waals surface area contributed by atoms with Crippen LogP contribution in [0.15, 0.2) is 109 Å². The number of hydrogen-bond acceptors (Lipinski definition) is 0. The van der Waals surface area contributed by atoms with Crippen molar-refractivity contribution in [2.75, 3.05) is 0 Å². The maximum absolute atomic E-state index is 2.33. The summed E-state index contributed by atoms with van der Waals surface area (Å²) in [6.07, 6.45) is 0. The van der Waals surface area contributed by atoms with Gasteiger partial charge >= 0.3 is 0 Å². The lowest BCUT2D eigenvalue weighted by molar-refractivity contribution is 1.70. The van der Waals surface area contributed by atoms with Crippen molar-refractivity contribution in [3.8, 4) is 11.1 Å². The molecule has 6 aromatic carbocycles. The lowest BCUT2D eigenvalue weighted by Gasteiger charge is -2.11. The first-order valence-corrected chi connectivity index (χ1v) is 9.70. The van der Waals surface area contributed by atoms with Gasteiger partial charge in [-0.15, -0.1) is 0 Å². The molecule has 0 N–H and O–H groups in total. The molecule has 0 nitrogen and oxygen atoms in total. The first-order valence-electron chi connectivity index (χ1n) is 9.70. The van der Waals surface area contributed by atoms with Gasteiger partial charge in [-0.2, -0.15) is 0 Å². The molecule has 0 bridgehead atoms. The average Bonchev–Trinajstić information content (AvgIpc) is 2.76. The Kier molecular flexibility index (Phi) is 3.27. The highest BCUT2D eigenvalue weighted by Crippen LogP contribution is 2.34. The number of hydrogen-bond donors (Lipinski definition) is 0. The minimum absolute atomic E-state index is 1.27. The van der Waals surface area contributed by atoms with Gasteiger partial charge in [0, 0.05) is 0 Å². The molecule has 6 aromatic rings. The van der Waals surface area contributed by atoms with Gasteiger partial charge in [0.15, 0.2) is 0 Å². The second-order valence-corrected chi connectivity index (χ2v) is 7.45. The van der Waals surface area contributed by atoms with Gasteiger partial charge in [-0.3, -0.25) is 0 Å². The molecule has 0 saturated heterocycles. The van der Waals surface area contributed by atoms with Gasteiger partial charge in [-0.1, -0.05) is 91.0 Å². The molecule has 0 aliphatic carbocycles. The molecule has 0 radical (unpaired) electrons. The molecule has 0 fully saturated rings. The summed E-state index contributed by atoms with van der Waals surface area (Å²) in [5.74, 6) is 0. The smallest absolute Gasteiger partial charge is 0.00990 e. The molecule has 0 spiro atoms. The van der Waals surface area contributed by atoms with Gasteiger partial charge < -0.3 is 0 Å². The third-order valence-electron chi connectivity index (χ3n) is 5.80. The Balaban J connectivity index is 1.63. The minimum atomic E-state index is 1.27. The summed E-state index contributed by atoms with van der Waals surface area (Å²) in [7, 11) is 0. The van der Waals surface area contributed by atoms with E-state index in [0.29, 0.717) is 0 Å². The van der Waals surface area contributed by atoms with Gasteiger partial charge in [0.1, 0.15) is 0 Å². The number of fused-ring (bicyclic) bond motifs is 5. The van der Waals surface area contributed by atoms with Crippen LogP contribution >= 0.6 is 0 Å². The van der Waals surface area contributed by atoms with E-state index in [2.05, 4.69) is 109 Å². The first-order chi connectivity index (χ1) is 13.9. The summed E-state index contributed by atoms with van der Waals surface area (Å²) < 4.78 is 0. The fraction of sp³-hybridized carbons (Fsp3) is 0. The van der Waals surface area contributed by atoms with Crippen molar-refractivity contribution in [2.24, 2.45) is 0 Å². The van der Waals surface area contributed by atoms with Crippen LogP contribution in [0.5, 0.6) is 0 Å². The van der Waals surface area contributed by atoms with Crippen LogP contribution in [0.1, 0.15) is 0 Å². The molecule has 6 rings (SSSR count). The third kappa shape index (κ3) is 2.32. The number of benzene rings is 6. The lowest BCUT2D eigenvalue weighted by Crippen LogP contribution is -1.84. The van der Waals surface area contributed by atoms with Crippen LogP contribution in [0.2, 0.25) is 0 Å². The summed E-state index contributed by atoms with van der Waals surface area (Å²) >= 11 is 0. The van der Waals surface area contributed by atoms with E-state index in [9.17, 15) is 0 Å². The Bertz CT molecular complexity index is 1510. The Morgan fingerprint density at radius 1 is 0.321 bits per heavy atom. The van der Waals surface area contributed by atoms with Crippen LogP contribution < -0.4 is 0 Å². The molecule has 0 amide bonds. The second kappa shape index (κ2) is 5.94. The van der Waals surface area contributed by atoms with E-state index in [1.807, 2.05) is 0 Å². The predicted molar refractivity (Wildman–Crippen MR) is 122 cm³/mol. The zero-order valence-corrected chi connectivity index (χ0v) is 15.4. The predicted octanol–water partition coefficient (Wildman–Crippen LogP) is 7.97. The molecule has 0 aliphatic heterocycles. The number of rotatable bonds is 1. The molecule has 0 aliphatic rings. The van der Waals surface area contributed by atoms with Crippen molar-refractivity contribution in [1.82, 2.24) is 0 Å². The van der Waals surface area contributed by atoms with E-state index >= 15 is 0 Å². The Morgan fingerprint density at radius 2 is 0.964 bits per heavy atom. The normalized spacial score (nSPS) is 11.6. The van der Waals surface area contributed by atoms with Gasteiger partial charge in [0.05, 0.1) is 0 Å². The van der Waals surface area contributed by atoms with E-state index in [-0.39, 0.29) is 0 Å². The Morgan fingerprint density at radius 3 is 1.86 bits per heavy atom. The van der Waals surface area contributed by atoms with Crippen molar-refractivity contribution in [3.05, 3.63) is 109 Å². The summed E-state index contributed by atoms with van der Waals surface area (Å²) in [6.45, 7) is 0. The molecule has 0 unspecified atom stereocenters. The van der Waals surface area contributed by atoms with Crippen LogP contribution in [0.4, 0.5) is 0 Å². The van der Waals surface area contributed by atoms with Crippen LogP contribution in [0.25, 0.3) is 54.2 Å². The van der Waals surface area contributed by atoms with Crippen molar-refractivity contribution >= 4 is 43.1 Å². The van der Waals surface area contributed by atoms with E-state index < -0.39 is 0 Å². The summed E-state index contributed by atoms with van der Waals surface area (Å²) in [5, 5.41) is 10.4. The lowest BCUT2D eigenvalue weighted by atomic mass is 9.93. The van der Waals surface area contributed by atoms with Gasteiger partial charge in [0.25, 0.3) is 0 Å². The van der Waals surface area contributed by atoms with Crippen LogP contribution in [-0.4, -0.2) is 0 Å². The van der Waals surface area contributed by atoms with Crippen LogP contribution in [0.3, 0.4) is 0 Å². The van der Waals surface area contributed by atoms with Crippen molar-refractivity contribution in [3.63, 3.8) is 0 Å². The topological polar surface area (TPSA) is 0 Å². The van der Waals surface area contributed by atoms with E-state index in [1.54, 1.807) is 0 Å². The van der Waals surface area contributed by atoms with E-state index in [1.165, 1.54) is 54.2 Å². The Labute approximate surface area is 163 Å². The maximum atomic E-state index is 2.33. The summed E-state index contributed by atoms with van der Waals surface area (Å²) in [6, 6.07) is 39.7. The van der Waals surface area contributed by atoms with Gasteiger partial charge in [0.2, 0.25) is 0 Å². The third-order valence-corrected chi connectivity index (χ3v) is 5.80. The largest absolute Gasteiger partial charge is 0.0616 e. The summed E-state index contributed by atoms with van der Waals surface area (Å²) in [4.78, 5) is 0. The molecular weight excluding hydrogens is 336 g/mol. The zero-order valence-electron chi connectivity index (χ0n) is 15.4. The SMILES string of the molecule is c1ccc2cc3c(-c4ccc5c(ccc6ccccc65)c4)cccc3cc2c1. The van der Waals surface area contributed by atoms with Gasteiger partial charge in [-0.25, -0.2) is 0 Å². The fourth-order valence-electron chi connectivity index (χ4n) is 4.40. The van der Waals surface area contributed by atoms with Crippen LogP contribution in [0, 0.1) is 0 Å². The fourth-order valence-corrected chi connectivity index (χ4v) is 4.40. The summed E-state index contributed by atoms with van der Waals surface area (Å²) in [5.41, 5.74) is 2.56. The maximum Gasteiger partial charge on any atom is -0.00990 e. The van der Waals surface area contributed by atoms with E-state index in [4.69, 9.17) is 0 Å². The monoisotopic (exact) mass is 354 g/mol. The van der Waals surface area contributed by atoms with Gasteiger partial charge in [-0.05, 0) is 72.4 Å². The quantitative estimate of drug-likeness (QED) is 0.207. The highest BCUT2D eigenvalue weighted by molar-refractivity contribution is 6.10. The molecule has 0 atom stereocenters. The molecule has 0 heterocycles. The second-order valence-electron chi connectivity index (χ2n) is 7.45. The van der Waals surface area contributed by atoms with E-state index in [0.717, 1.165) is 0 Å². The highest BCUT2D eigenvalue weighted by Gasteiger charge is 2.07. The zero-order chi connectivity index (χ0) is 18.5. The first kappa shape index (κ1) is 15.4. The van der Waals surface area contributed by atoms with Crippen molar-refractivity contribution in [2.45, 2.75) is 0 Å². The molecule has 130 valence electrons. The Hall–Kier alpha value is -3.64. The molecule has 0 aromatic heterocycles. The van der Waals surface area contributed by atoms with Crippen LogP contribution in [-0.2, 0) is 0 Å². The molecule has 28 heavy (non-hydrogen) atoms. The molecule has 0 saturated carbocycles. The minimum Gasteiger partial charge on any atom is -0.0616 e. The highest BCUT2D eigenvalue weighted by atomic mass is 14.1. The van der Waals surface area contributed by atoms with Crippen molar-refractivity contribution < 1.29 is 0 Å². The average molecular weight is 354 g/mol. The van der Waals surface area contributed by atoms with Crippen molar-refractivity contribution in [1.29, 1.82) is 0 Å². The standard InChI is InChI=1S/C28H18/c1-2-8-21-18-28-22(16-20(21)7-1)9-5-11-26(28)24-14-15-27-23(17-24)13-12-19-6-3-4-10-25(19)27/h1-18H.